The summed E-state index contributed by atoms with van der Waals surface area (Å²) in [5, 5.41) is 3.15. The minimum Gasteiger partial charge on any atom is -0.372 e. The van der Waals surface area contributed by atoms with E-state index in [-0.39, 0.29) is 24.4 Å². The van der Waals surface area contributed by atoms with E-state index >= 15 is 0 Å². The molecule has 2 rings (SSSR count). The molecule has 20 heavy (non-hydrogen) atoms. The van der Waals surface area contributed by atoms with Gasteiger partial charge in [0.1, 0.15) is 12.6 Å². The smallest absolute Gasteiger partial charge is 0.249 e. The zero-order chi connectivity index (χ0) is 14.7. The van der Waals surface area contributed by atoms with Crippen molar-refractivity contribution in [2.24, 2.45) is 0 Å². The number of para-hydroxylation sites is 2. The van der Waals surface area contributed by atoms with Crippen LogP contribution in [0, 0.1) is 0 Å². The van der Waals surface area contributed by atoms with E-state index in [0.29, 0.717) is 13.1 Å². The summed E-state index contributed by atoms with van der Waals surface area (Å²) in [5.41, 5.74) is 1.67. The Hall–Kier alpha value is -2.04. The average Bonchev–Trinajstić information content (AvgIpc) is 2.45. The standard InChI is InChI=1S/C15H21N3O2/c1-4-17(5-2)14(19)10-18-13-9-7-6-8-12(13)16-11(3)15(18)20/h6-9,11,16H,4-5,10H2,1-3H3. The number of carbonyl (C=O) groups is 2. The molecule has 1 N–H and O–H groups in total. The van der Waals surface area contributed by atoms with Gasteiger partial charge in [0.15, 0.2) is 0 Å². The maximum Gasteiger partial charge on any atom is 0.249 e. The van der Waals surface area contributed by atoms with Crippen LogP contribution in [0.3, 0.4) is 0 Å². The fraction of sp³-hybridized carbons (Fsp3) is 0.467. The molecule has 1 aliphatic heterocycles. The number of amides is 2. The number of benzene rings is 1. The highest BCUT2D eigenvalue weighted by atomic mass is 16.2. The summed E-state index contributed by atoms with van der Waals surface area (Å²) in [6.45, 7) is 7.12. The summed E-state index contributed by atoms with van der Waals surface area (Å²) in [5.74, 6) is -0.0866. The summed E-state index contributed by atoms with van der Waals surface area (Å²) in [6, 6.07) is 7.26. The van der Waals surface area contributed by atoms with Gasteiger partial charge in [0, 0.05) is 13.1 Å². The van der Waals surface area contributed by atoms with Crippen LogP contribution in [0.5, 0.6) is 0 Å². The largest absolute Gasteiger partial charge is 0.372 e. The van der Waals surface area contributed by atoms with Crippen LogP contribution in [-0.4, -0.2) is 42.4 Å². The molecule has 2 amide bonds. The van der Waals surface area contributed by atoms with Crippen molar-refractivity contribution in [3.05, 3.63) is 24.3 Å². The average molecular weight is 275 g/mol. The van der Waals surface area contributed by atoms with Gasteiger partial charge in [0.2, 0.25) is 11.8 Å². The molecule has 0 aromatic heterocycles. The van der Waals surface area contributed by atoms with E-state index < -0.39 is 0 Å². The van der Waals surface area contributed by atoms with Crippen molar-refractivity contribution in [2.45, 2.75) is 26.8 Å². The van der Waals surface area contributed by atoms with Gasteiger partial charge < -0.3 is 10.2 Å². The molecule has 5 heteroatoms. The van der Waals surface area contributed by atoms with E-state index in [2.05, 4.69) is 5.32 Å². The van der Waals surface area contributed by atoms with Gasteiger partial charge in [-0.15, -0.1) is 0 Å². The number of likely N-dealkylation sites (N-methyl/N-ethyl adjacent to an activating group) is 1. The second-order valence-electron chi connectivity index (χ2n) is 4.87. The Morgan fingerprint density at radius 1 is 1.30 bits per heavy atom. The van der Waals surface area contributed by atoms with Crippen molar-refractivity contribution in [3.8, 4) is 0 Å². The van der Waals surface area contributed by atoms with Gasteiger partial charge >= 0.3 is 0 Å². The van der Waals surface area contributed by atoms with Crippen LogP contribution >= 0.6 is 0 Å². The van der Waals surface area contributed by atoms with Crippen LogP contribution in [0.1, 0.15) is 20.8 Å². The third kappa shape index (κ3) is 2.61. The van der Waals surface area contributed by atoms with Crippen molar-refractivity contribution < 1.29 is 9.59 Å². The summed E-state index contributed by atoms with van der Waals surface area (Å²) in [6.07, 6.45) is 0. The molecule has 1 aromatic rings. The lowest BCUT2D eigenvalue weighted by Gasteiger charge is -2.34. The van der Waals surface area contributed by atoms with Crippen LogP contribution < -0.4 is 10.2 Å². The number of anilines is 2. The SMILES string of the molecule is CCN(CC)C(=O)CN1C(=O)C(C)Nc2ccccc21. The van der Waals surface area contributed by atoms with Crippen molar-refractivity contribution in [2.75, 3.05) is 29.9 Å². The molecule has 1 unspecified atom stereocenters. The molecule has 1 heterocycles. The van der Waals surface area contributed by atoms with E-state index in [0.717, 1.165) is 11.4 Å². The van der Waals surface area contributed by atoms with Crippen LogP contribution in [-0.2, 0) is 9.59 Å². The Morgan fingerprint density at radius 3 is 2.60 bits per heavy atom. The fourth-order valence-electron chi connectivity index (χ4n) is 2.45. The third-order valence-corrected chi connectivity index (χ3v) is 3.61. The predicted octanol–water partition coefficient (Wildman–Crippen LogP) is 1.70. The molecule has 0 saturated carbocycles. The molecule has 1 aliphatic rings. The van der Waals surface area contributed by atoms with Gasteiger partial charge in [0.25, 0.3) is 0 Å². The molecule has 0 bridgehead atoms. The van der Waals surface area contributed by atoms with Gasteiger partial charge in [-0.3, -0.25) is 14.5 Å². The topological polar surface area (TPSA) is 52.7 Å². The number of rotatable bonds is 4. The summed E-state index contributed by atoms with van der Waals surface area (Å²) in [7, 11) is 0. The molecule has 108 valence electrons. The first kappa shape index (κ1) is 14.4. The van der Waals surface area contributed by atoms with Crippen LogP contribution in [0.25, 0.3) is 0 Å². The van der Waals surface area contributed by atoms with E-state index in [1.54, 1.807) is 9.80 Å². The monoisotopic (exact) mass is 275 g/mol. The molecule has 1 aromatic carbocycles. The summed E-state index contributed by atoms with van der Waals surface area (Å²) < 4.78 is 0. The van der Waals surface area contributed by atoms with Gasteiger partial charge in [0.05, 0.1) is 11.4 Å². The second-order valence-corrected chi connectivity index (χ2v) is 4.87. The van der Waals surface area contributed by atoms with Gasteiger partial charge in [-0.05, 0) is 32.9 Å². The van der Waals surface area contributed by atoms with Gasteiger partial charge in [-0.2, -0.15) is 0 Å². The second kappa shape index (κ2) is 5.94. The highest BCUT2D eigenvalue weighted by Crippen LogP contribution is 2.30. The first-order valence-electron chi connectivity index (χ1n) is 7.03. The Bertz CT molecular complexity index is 512. The van der Waals surface area contributed by atoms with Crippen molar-refractivity contribution in [1.29, 1.82) is 0 Å². The lowest BCUT2D eigenvalue weighted by Crippen LogP contribution is -2.50. The fourth-order valence-corrected chi connectivity index (χ4v) is 2.45. The number of fused-ring (bicyclic) bond motifs is 1. The van der Waals surface area contributed by atoms with E-state index in [1.165, 1.54) is 0 Å². The lowest BCUT2D eigenvalue weighted by atomic mass is 10.1. The lowest BCUT2D eigenvalue weighted by molar-refractivity contribution is -0.131. The Kier molecular flexibility index (Phi) is 4.27. The summed E-state index contributed by atoms with van der Waals surface area (Å²) in [4.78, 5) is 27.9. The number of hydrogen-bond donors (Lipinski definition) is 1. The number of nitrogens with one attached hydrogen (secondary N) is 1. The molecule has 0 spiro atoms. The molecule has 5 nitrogen and oxygen atoms in total. The maximum absolute atomic E-state index is 12.3. The number of carbonyl (C=O) groups excluding carboxylic acids is 2. The highest BCUT2D eigenvalue weighted by Gasteiger charge is 2.31. The Labute approximate surface area is 119 Å². The number of nitrogens with zero attached hydrogens (tertiary/aromatic N) is 2. The minimum absolute atomic E-state index is 0.0211. The van der Waals surface area contributed by atoms with Crippen molar-refractivity contribution in [3.63, 3.8) is 0 Å². The first-order chi connectivity index (χ1) is 9.58. The van der Waals surface area contributed by atoms with E-state index in [4.69, 9.17) is 0 Å². The van der Waals surface area contributed by atoms with Crippen molar-refractivity contribution in [1.82, 2.24) is 4.90 Å². The highest BCUT2D eigenvalue weighted by molar-refractivity contribution is 6.07. The minimum atomic E-state index is -0.311. The first-order valence-corrected chi connectivity index (χ1v) is 7.03. The van der Waals surface area contributed by atoms with Crippen LogP contribution in [0.4, 0.5) is 11.4 Å². The maximum atomic E-state index is 12.3. The van der Waals surface area contributed by atoms with E-state index in [9.17, 15) is 9.59 Å². The molecule has 0 radical (unpaired) electrons. The van der Waals surface area contributed by atoms with Crippen molar-refractivity contribution >= 4 is 23.2 Å². The molecular formula is C15H21N3O2. The van der Waals surface area contributed by atoms with Gasteiger partial charge in [-0.25, -0.2) is 0 Å². The zero-order valence-electron chi connectivity index (χ0n) is 12.2. The van der Waals surface area contributed by atoms with Crippen LogP contribution in [0.2, 0.25) is 0 Å². The van der Waals surface area contributed by atoms with E-state index in [1.807, 2.05) is 45.0 Å². The van der Waals surface area contributed by atoms with Gasteiger partial charge in [-0.1, -0.05) is 12.1 Å². The zero-order valence-corrected chi connectivity index (χ0v) is 12.2. The Morgan fingerprint density at radius 2 is 1.95 bits per heavy atom. The Balaban J connectivity index is 2.26. The predicted molar refractivity (Wildman–Crippen MR) is 79.8 cm³/mol. The number of hydrogen-bond acceptors (Lipinski definition) is 3. The quantitative estimate of drug-likeness (QED) is 0.910. The van der Waals surface area contributed by atoms with Crippen LogP contribution in [0.15, 0.2) is 24.3 Å². The normalized spacial score (nSPS) is 17.4. The molecule has 0 fully saturated rings. The molecular weight excluding hydrogens is 254 g/mol. The molecule has 0 aliphatic carbocycles. The summed E-state index contributed by atoms with van der Waals surface area (Å²) >= 11 is 0. The molecule has 1 atom stereocenters. The molecule has 0 saturated heterocycles. The third-order valence-electron chi connectivity index (χ3n) is 3.61.